The summed E-state index contributed by atoms with van der Waals surface area (Å²) in [6.45, 7) is 11.8. The first kappa shape index (κ1) is 120. The number of carboxylic acids is 3. The maximum atomic E-state index is 15.8. The number of carbonyl (C=O) groups excluding carboxylic acids is 17. The third kappa shape index (κ3) is 39.7. The number of aromatic carboxylic acids is 1. The summed E-state index contributed by atoms with van der Waals surface area (Å²) in [7, 11) is 1.20. The van der Waals surface area contributed by atoms with Gasteiger partial charge in [0.2, 0.25) is 100 Å². The molecule has 1 saturated heterocycles. The molecule has 17 amide bonds. The van der Waals surface area contributed by atoms with Crippen molar-refractivity contribution in [2.75, 3.05) is 44.8 Å². The minimum Gasteiger partial charge on any atom is -0.482 e. The van der Waals surface area contributed by atoms with E-state index in [1.807, 2.05) is 30.3 Å². The number of hydrogen-bond donors (Lipinski definition) is 22. The average molecular weight is 2080 g/mol. The van der Waals surface area contributed by atoms with Gasteiger partial charge in [-0.15, -0.1) is 11.8 Å². The lowest BCUT2D eigenvalue weighted by atomic mass is 9.84. The Morgan fingerprint density at radius 3 is 1.48 bits per heavy atom. The lowest BCUT2D eigenvalue weighted by Gasteiger charge is -2.32. The largest absolute Gasteiger partial charge is 0.482 e. The molecule has 1 aliphatic carbocycles. The van der Waals surface area contributed by atoms with Crippen molar-refractivity contribution in [3.8, 4) is 16.9 Å². The van der Waals surface area contributed by atoms with Crippen molar-refractivity contribution in [3.63, 3.8) is 0 Å². The summed E-state index contributed by atoms with van der Waals surface area (Å²) < 4.78 is 5.34. The fourth-order valence-electron chi connectivity index (χ4n) is 16.9. The Labute approximate surface area is 863 Å². The van der Waals surface area contributed by atoms with Crippen molar-refractivity contribution < 1.29 is 116 Å². The number of thioether (sulfide) groups is 1. The van der Waals surface area contributed by atoms with Gasteiger partial charge in [-0.2, -0.15) is 0 Å². The number of nitrogens with zero attached hydrogens (tertiary/aromatic N) is 1. The quantitative estimate of drug-likeness (QED) is 0.0251. The zero-order valence-electron chi connectivity index (χ0n) is 84.9. The Balaban J connectivity index is 1.38. The molecule has 1 saturated carbocycles. The molecule has 45 heteroatoms. The number of likely N-dealkylation sites (N-methyl/N-ethyl adjacent to an activating group) is 1. The highest BCUT2D eigenvalue weighted by Crippen LogP contribution is 2.29. The van der Waals surface area contributed by atoms with Gasteiger partial charge in [-0.3, -0.25) is 86.3 Å². The molecule has 148 heavy (non-hydrogen) atoms. The summed E-state index contributed by atoms with van der Waals surface area (Å²) in [4.78, 5) is 290. The highest BCUT2D eigenvalue weighted by molar-refractivity contribution is 8.00. The third-order valence-corrected chi connectivity index (χ3v) is 26.6. The lowest BCUT2D eigenvalue weighted by molar-refractivity contribution is -0.143. The van der Waals surface area contributed by atoms with E-state index in [1.165, 1.54) is 62.5 Å². The van der Waals surface area contributed by atoms with Gasteiger partial charge < -0.3 is 128 Å². The zero-order chi connectivity index (χ0) is 109. The number of primary amides is 2. The van der Waals surface area contributed by atoms with E-state index in [9.17, 15) is 72.9 Å². The lowest BCUT2D eigenvalue weighted by Crippen LogP contribution is -2.62. The van der Waals surface area contributed by atoms with Crippen molar-refractivity contribution in [1.29, 1.82) is 0 Å². The number of nitrogens with one attached hydrogen (secondary N) is 14. The zero-order valence-corrected chi connectivity index (χ0v) is 85.7. The molecular formula is C103H144N20O24S. The number of carbonyl (C=O) groups is 20. The summed E-state index contributed by atoms with van der Waals surface area (Å²) in [6.07, 6.45) is -0.744. The number of benzene rings is 5. The molecule has 27 N–H and O–H groups in total. The molecule has 16 atom stereocenters. The summed E-state index contributed by atoms with van der Waals surface area (Å²) >= 11 is 0.740. The maximum Gasteiger partial charge on any atom is 0.341 e. The Morgan fingerprint density at radius 2 is 0.959 bits per heavy atom. The van der Waals surface area contributed by atoms with Crippen molar-refractivity contribution in [2.24, 2.45) is 52.3 Å². The van der Waals surface area contributed by atoms with Crippen molar-refractivity contribution in [1.82, 2.24) is 79.3 Å². The fourth-order valence-corrected chi connectivity index (χ4v) is 17.7. The Bertz CT molecular complexity index is 5410. The maximum absolute atomic E-state index is 15.8. The number of carboxylic acid groups (broad SMARTS) is 3. The Kier molecular flexibility index (Phi) is 49.3. The summed E-state index contributed by atoms with van der Waals surface area (Å²) in [5.74, 6) is -24.8. The molecule has 44 nitrogen and oxygen atoms in total. The predicted octanol–water partition coefficient (Wildman–Crippen LogP) is -0.144. The number of amides is 17. The van der Waals surface area contributed by atoms with E-state index in [1.54, 1.807) is 97.0 Å². The molecule has 0 spiro atoms. The van der Waals surface area contributed by atoms with Crippen molar-refractivity contribution in [3.05, 3.63) is 161 Å². The van der Waals surface area contributed by atoms with E-state index in [4.69, 9.17) is 33.4 Å². The van der Waals surface area contributed by atoms with E-state index < -0.39 is 284 Å². The van der Waals surface area contributed by atoms with Crippen LogP contribution in [0.25, 0.3) is 11.1 Å². The van der Waals surface area contributed by atoms with Crippen molar-refractivity contribution in [2.45, 2.75) is 268 Å². The first-order valence-electron chi connectivity index (χ1n) is 49.7. The molecule has 5 aromatic carbocycles. The van der Waals surface area contributed by atoms with Crippen LogP contribution in [-0.2, 0) is 117 Å². The van der Waals surface area contributed by atoms with Gasteiger partial charge in [-0.1, -0.05) is 189 Å². The van der Waals surface area contributed by atoms with Crippen LogP contribution in [-0.4, -0.2) is 274 Å². The monoisotopic (exact) mass is 2080 g/mol. The second-order valence-corrected chi connectivity index (χ2v) is 39.2. The van der Waals surface area contributed by atoms with Gasteiger partial charge in [0, 0.05) is 44.9 Å². The van der Waals surface area contributed by atoms with Crippen LogP contribution < -0.4 is 108 Å². The van der Waals surface area contributed by atoms with Gasteiger partial charge in [0.05, 0.1) is 17.7 Å². The second-order valence-electron chi connectivity index (χ2n) is 38.2. The Morgan fingerprint density at radius 1 is 0.480 bits per heavy atom. The highest BCUT2D eigenvalue weighted by Gasteiger charge is 2.42. The topological polar surface area (TPSA) is 713 Å². The number of ether oxygens (including phenoxy) is 1. The van der Waals surface area contributed by atoms with Gasteiger partial charge in [0.15, 0.2) is 6.61 Å². The second kappa shape index (κ2) is 60.6. The summed E-state index contributed by atoms with van der Waals surface area (Å²) in [6, 6.07) is 8.40. The van der Waals surface area contributed by atoms with E-state index in [-0.39, 0.29) is 98.9 Å². The third-order valence-electron chi connectivity index (χ3n) is 25.5. The molecule has 1 aliphatic heterocycles. The highest BCUT2D eigenvalue weighted by atomic mass is 32.2. The Hall–Kier alpha value is -14.5. The number of aryl methyl sites for hydroxylation is 1. The minimum atomic E-state index is -2.16. The molecule has 2 aliphatic rings. The van der Waals surface area contributed by atoms with Gasteiger partial charge in [0.25, 0.3) is 0 Å². The number of rotatable bonds is 35. The van der Waals surface area contributed by atoms with Crippen molar-refractivity contribution >= 4 is 130 Å². The van der Waals surface area contributed by atoms with Crippen LogP contribution in [0.5, 0.6) is 5.75 Å². The summed E-state index contributed by atoms with van der Waals surface area (Å²) in [5.41, 5.74) is 32.5. The van der Waals surface area contributed by atoms with E-state index in [2.05, 4.69) is 74.4 Å². The van der Waals surface area contributed by atoms with Crippen LogP contribution in [0.4, 0.5) is 0 Å². The van der Waals surface area contributed by atoms with Crippen LogP contribution in [0.15, 0.2) is 127 Å². The molecule has 0 bridgehead atoms. The van der Waals surface area contributed by atoms with Crippen LogP contribution in [0, 0.1) is 30.6 Å². The van der Waals surface area contributed by atoms with Crippen LogP contribution in [0.2, 0.25) is 0 Å². The standard InChI is InChI=1S/C103H144N20O24S/c1-10-59(7)87-101(143)119-77(50-64-30-36-69(37-31-64)147-53-85(128)129)95(137)118-80(52-84(126)127)97(139)117-79(51-65-22-17-19-58(6)46-65)96(138)116-76(49-63-28-34-68(35-29-63)103(145)146)94(136)115-75(48-62-26-32-67(33-27-62)66-23-15-12-16-24-66)93(135)112-73(38-39-82(107)124)102(144)123(9)60(8)89(131)113-74(45-56(2)3)92(134)110-72(41-44-106)91(133)114-78(47-61-20-13-11-14-21-61)98(140)122-86(57(4)5)100(142)111-71(25-18-42-104)90(132)120-81(54-148-55-83(125)121-87)99(141)109-70(40-43-105)88(108)130/h12,15-17,19,22-24,26-37,46,56-57,59-61,70-81,86-87H,10-11,13-14,18,20-21,25,38-45,47-55,104-106H2,1-9H3,(H2,107,124)(H2,108,130)(H,109,141)(H,110,134)(H,111,142)(H,112,135)(H,113,131)(H,114,133)(H,115,136)(H,116,138)(H,117,139)(H,118,137)(H,119,143)(H,120,132)(H,121,125)(H,122,140)(H,126,127)(H,128,129)(H,145,146)/t59-,60-,70-,71-,72-,73-,74+,75-,76-,77-,78-,79-,80-,81-,86-,87-/m0/s1. The average Bonchev–Trinajstić information content (AvgIpc) is 0.833. The van der Waals surface area contributed by atoms with E-state index in [0.717, 1.165) is 47.1 Å². The molecule has 806 valence electrons. The summed E-state index contributed by atoms with van der Waals surface area (Å²) in [5, 5.41) is 67.1. The van der Waals surface area contributed by atoms with E-state index in [0.29, 0.717) is 29.5 Å². The van der Waals surface area contributed by atoms with Crippen LogP contribution in [0.3, 0.4) is 0 Å². The molecule has 2 fully saturated rings. The molecule has 0 unspecified atom stereocenters. The number of hydrogen-bond acceptors (Lipinski definition) is 25. The molecule has 1 heterocycles. The first-order valence-corrected chi connectivity index (χ1v) is 50.9. The van der Waals surface area contributed by atoms with Gasteiger partial charge in [-0.05, 0) is 160 Å². The smallest absolute Gasteiger partial charge is 0.341 e. The van der Waals surface area contributed by atoms with Gasteiger partial charge in [0.1, 0.15) is 96.4 Å². The van der Waals surface area contributed by atoms with Gasteiger partial charge in [-0.25, -0.2) is 9.59 Å². The molecule has 5 aromatic rings. The predicted molar refractivity (Wildman–Crippen MR) is 548 cm³/mol. The first-order chi connectivity index (χ1) is 70.3. The normalized spacial score (nSPS) is 23.1. The number of nitrogens with two attached hydrogens (primary N) is 5. The molecule has 0 aromatic heterocycles. The minimum absolute atomic E-state index is 0.0284. The molecule has 7 rings (SSSR count). The van der Waals surface area contributed by atoms with Crippen LogP contribution >= 0.6 is 11.8 Å². The molecular weight excluding hydrogens is 1930 g/mol. The van der Waals surface area contributed by atoms with E-state index >= 15 is 38.4 Å². The number of aliphatic carboxylic acids is 2. The molecule has 0 radical (unpaired) electrons. The van der Waals surface area contributed by atoms with Crippen LogP contribution in [0.1, 0.15) is 183 Å². The SMILES string of the molecule is CC[C@H](C)[C@@H]1NC(=O)CSC[C@@H](C(=O)N[C@@H](CCN)C(N)=O)NC(=O)[C@H](CCCN)NC(=O)[C@H](C(C)C)NC(=O)[C@H](CC2CCCCC2)NC(=O)[C@H](CCN)NC(=O)[C@@H](CC(C)C)NC(=O)[C@H](C)N(C)C(=O)[C@H](CCC(N)=O)NC(=O)[C@H](Cc2ccc(-c3ccccc3)cc2)NC(=O)[C@H](Cc2ccc(C(=O)O)cc2)NC(=O)[C@H](Cc2cccc(C)c2)NC(=O)[C@H](CC(=O)O)NC(=O)[C@H](Cc2ccc(OCC(=O)O)cc2)NC1=O. The van der Waals surface area contributed by atoms with Gasteiger partial charge >= 0.3 is 17.9 Å². The fraction of sp³-hybridized carbons (Fsp3) is 0.515.